The molecule has 0 saturated heterocycles. The van der Waals surface area contributed by atoms with E-state index in [-0.39, 0.29) is 17.5 Å². The van der Waals surface area contributed by atoms with Gasteiger partial charge in [0.2, 0.25) is 0 Å². The number of hydrogen-bond acceptors (Lipinski definition) is 3. The van der Waals surface area contributed by atoms with E-state index in [2.05, 4.69) is 15.8 Å². The predicted molar refractivity (Wildman–Crippen MR) is 96.6 cm³/mol. The minimum atomic E-state index is -0.315. The fraction of sp³-hybridized carbons (Fsp3) is 0.222. The topological polar surface area (TPSA) is 56.7 Å². The van der Waals surface area contributed by atoms with Crippen molar-refractivity contribution >= 4 is 23.0 Å². The zero-order valence-corrected chi connectivity index (χ0v) is 14.0. The number of fused-ring (bicyclic) bond motifs is 1. The van der Waals surface area contributed by atoms with E-state index in [1.54, 1.807) is 0 Å². The average Bonchev–Trinajstić information content (AvgIpc) is 2.93. The van der Waals surface area contributed by atoms with Gasteiger partial charge in [0.05, 0.1) is 5.71 Å². The maximum atomic E-state index is 14.0. The Bertz CT molecular complexity index is 792. The van der Waals surface area contributed by atoms with Gasteiger partial charge in [0, 0.05) is 17.7 Å². The SMILES string of the molecule is C[C@H]1C/C(=N\NC(=S)NCc2ccccc2)c2c(O)ccc(F)c21. The van der Waals surface area contributed by atoms with Crippen LogP contribution >= 0.6 is 12.2 Å². The lowest BCUT2D eigenvalue weighted by molar-refractivity contribution is 0.470. The summed E-state index contributed by atoms with van der Waals surface area (Å²) >= 11 is 5.21. The van der Waals surface area contributed by atoms with Crippen LogP contribution in [0.15, 0.2) is 47.6 Å². The molecule has 0 amide bonds. The van der Waals surface area contributed by atoms with E-state index >= 15 is 0 Å². The van der Waals surface area contributed by atoms with Crippen LogP contribution in [0.1, 0.15) is 36.0 Å². The van der Waals surface area contributed by atoms with Crippen molar-refractivity contribution in [2.45, 2.75) is 25.8 Å². The summed E-state index contributed by atoms with van der Waals surface area (Å²) in [6.07, 6.45) is 0.554. The van der Waals surface area contributed by atoms with Crippen LogP contribution in [0.3, 0.4) is 0 Å². The molecule has 2 aromatic rings. The van der Waals surface area contributed by atoms with E-state index in [9.17, 15) is 9.50 Å². The summed E-state index contributed by atoms with van der Waals surface area (Å²) in [6.45, 7) is 2.50. The molecule has 1 atom stereocenters. The Morgan fingerprint density at radius 2 is 2.04 bits per heavy atom. The number of phenolic OH excluding ortho intramolecular Hbond substituents is 1. The Hall–Kier alpha value is -2.47. The van der Waals surface area contributed by atoms with Crippen molar-refractivity contribution in [2.24, 2.45) is 5.10 Å². The van der Waals surface area contributed by atoms with E-state index in [4.69, 9.17) is 12.2 Å². The molecule has 0 fully saturated rings. The van der Waals surface area contributed by atoms with Crippen LogP contribution in [0.4, 0.5) is 4.39 Å². The highest BCUT2D eigenvalue weighted by atomic mass is 32.1. The first-order chi connectivity index (χ1) is 11.6. The highest BCUT2D eigenvalue weighted by molar-refractivity contribution is 7.80. The van der Waals surface area contributed by atoms with Crippen LogP contribution in [0.2, 0.25) is 0 Å². The van der Waals surface area contributed by atoms with E-state index in [1.807, 2.05) is 37.3 Å². The second kappa shape index (κ2) is 6.97. The number of thiocarbonyl (C=S) groups is 1. The van der Waals surface area contributed by atoms with E-state index < -0.39 is 0 Å². The maximum Gasteiger partial charge on any atom is 0.187 e. The van der Waals surface area contributed by atoms with Crippen LogP contribution in [0.5, 0.6) is 5.75 Å². The molecule has 0 heterocycles. The molecule has 6 heteroatoms. The third-order valence-electron chi connectivity index (χ3n) is 4.04. The van der Waals surface area contributed by atoms with Gasteiger partial charge in [0.25, 0.3) is 0 Å². The Morgan fingerprint density at radius 1 is 1.29 bits per heavy atom. The molecule has 124 valence electrons. The summed E-state index contributed by atoms with van der Waals surface area (Å²) in [5.41, 5.74) is 5.48. The summed E-state index contributed by atoms with van der Waals surface area (Å²) < 4.78 is 14.0. The number of phenols is 1. The molecule has 24 heavy (non-hydrogen) atoms. The van der Waals surface area contributed by atoms with Crippen LogP contribution in [0, 0.1) is 5.82 Å². The van der Waals surface area contributed by atoms with E-state index in [0.717, 1.165) is 5.56 Å². The molecule has 1 aliphatic carbocycles. The number of benzene rings is 2. The molecule has 3 N–H and O–H groups in total. The number of aromatic hydroxyl groups is 1. The van der Waals surface area contributed by atoms with Gasteiger partial charge in [0.15, 0.2) is 5.11 Å². The smallest absolute Gasteiger partial charge is 0.187 e. The standard InChI is InChI=1S/C18H18FN3OS/c1-11-9-14(17-15(23)8-7-13(19)16(11)17)21-22-18(24)20-10-12-5-3-2-4-6-12/h2-8,11,23H,9-10H2,1H3,(H2,20,22,24)/b21-14+/t11-/m0/s1. The minimum Gasteiger partial charge on any atom is -0.507 e. The molecule has 0 spiro atoms. The molecule has 2 aromatic carbocycles. The second-order valence-corrected chi connectivity index (χ2v) is 6.21. The number of hydrazone groups is 1. The average molecular weight is 343 g/mol. The molecule has 0 unspecified atom stereocenters. The summed E-state index contributed by atoms with van der Waals surface area (Å²) in [7, 11) is 0. The van der Waals surface area contributed by atoms with E-state index in [0.29, 0.717) is 34.9 Å². The number of nitrogens with zero attached hydrogens (tertiary/aromatic N) is 1. The largest absolute Gasteiger partial charge is 0.507 e. The first kappa shape index (κ1) is 16.4. The normalized spacial score (nSPS) is 17.6. The van der Waals surface area contributed by atoms with Crippen LogP contribution in [-0.2, 0) is 6.54 Å². The van der Waals surface area contributed by atoms with Crippen LogP contribution < -0.4 is 10.7 Å². The molecule has 0 bridgehead atoms. The third kappa shape index (κ3) is 3.38. The molecule has 4 nitrogen and oxygen atoms in total. The van der Waals surface area contributed by atoms with Gasteiger partial charge in [-0.05, 0) is 42.3 Å². The molecule has 0 aliphatic heterocycles. The van der Waals surface area contributed by atoms with Gasteiger partial charge >= 0.3 is 0 Å². The number of rotatable bonds is 3. The highest BCUT2D eigenvalue weighted by Gasteiger charge is 2.30. The molecular formula is C18H18FN3OS. The number of hydrogen-bond donors (Lipinski definition) is 3. The first-order valence-corrected chi connectivity index (χ1v) is 8.13. The first-order valence-electron chi connectivity index (χ1n) is 7.72. The fourth-order valence-electron chi connectivity index (χ4n) is 2.90. The second-order valence-electron chi connectivity index (χ2n) is 5.80. The maximum absolute atomic E-state index is 14.0. The van der Waals surface area contributed by atoms with Crippen molar-refractivity contribution in [3.05, 3.63) is 65.0 Å². The Kier molecular flexibility index (Phi) is 4.76. The van der Waals surface area contributed by atoms with Crippen LogP contribution in [0.25, 0.3) is 0 Å². The molecule has 0 aromatic heterocycles. The molecule has 0 radical (unpaired) electrons. The van der Waals surface area contributed by atoms with Crippen molar-refractivity contribution in [2.75, 3.05) is 0 Å². The van der Waals surface area contributed by atoms with Gasteiger partial charge in [-0.15, -0.1) is 0 Å². The van der Waals surface area contributed by atoms with Crippen molar-refractivity contribution < 1.29 is 9.50 Å². The minimum absolute atomic E-state index is 0.0292. The van der Waals surface area contributed by atoms with Gasteiger partial charge in [-0.3, -0.25) is 5.43 Å². The number of halogens is 1. The van der Waals surface area contributed by atoms with Crippen molar-refractivity contribution in [1.82, 2.24) is 10.7 Å². The van der Waals surface area contributed by atoms with Gasteiger partial charge in [-0.1, -0.05) is 37.3 Å². The third-order valence-corrected chi connectivity index (χ3v) is 4.28. The highest BCUT2D eigenvalue weighted by Crippen LogP contribution is 2.39. The molecule has 0 saturated carbocycles. The lowest BCUT2D eigenvalue weighted by Crippen LogP contribution is -2.32. The fourth-order valence-corrected chi connectivity index (χ4v) is 3.02. The van der Waals surface area contributed by atoms with Crippen LogP contribution in [-0.4, -0.2) is 15.9 Å². The number of nitrogens with one attached hydrogen (secondary N) is 2. The summed E-state index contributed by atoms with van der Waals surface area (Å²) in [5.74, 6) is -0.303. The monoisotopic (exact) mass is 343 g/mol. The zero-order valence-electron chi connectivity index (χ0n) is 13.2. The van der Waals surface area contributed by atoms with Gasteiger partial charge < -0.3 is 10.4 Å². The van der Waals surface area contributed by atoms with Gasteiger partial charge in [-0.25, -0.2) is 4.39 Å². The lowest BCUT2D eigenvalue weighted by Gasteiger charge is -2.09. The van der Waals surface area contributed by atoms with Crippen molar-refractivity contribution in [3.63, 3.8) is 0 Å². The summed E-state index contributed by atoms with van der Waals surface area (Å²) in [6, 6.07) is 12.5. The Balaban J connectivity index is 1.68. The zero-order chi connectivity index (χ0) is 17.1. The van der Waals surface area contributed by atoms with Crippen molar-refractivity contribution in [1.29, 1.82) is 0 Å². The molecule has 1 aliphatic rings. The van der Waals surface area contributed by atoms with Gasteiger partial charge in [0.1, 0.15) is 11.6 Å². The molecule has 3 rings (SSSR count). The van der Waals surface area contributed by atoms with Crippen molar-refractivity contribution in [3.8, 4) is 5.75 Å². The summed E-state index contributed by atoms with van der Waals surface area (Å²) in [4.78, 5) is 0. The Labute approximate surface area is 145 Å². The molecular weight excluding hydrogens is 325 g/mol. The Morgan fingerprint density at radius 3 is 2.79 bits per heavy atom. The quantitative estimate of drug-likeness (QED) is 0.590. The predicted octanol–water partition coefficient (Wildman–Crippen LogP) is 3.41. The lowest BCUT2D eigenvalue weighted by atomic mass is 10.0. The van der Waals surface area contributed by atoms with E-state index in [1.165, 1.54) is 12.1 Å². The van der Waals surface area contributed by atoms with Gasteiger partial charge in [-0.2, -0.15) is 5.10 Å². The summed E-state index contributed by atoms with van der Waals surface area (Å²) in [5, 5.41) is 17.7.